The normalized spacial score (nSPS) is 10.8. The van der Waals surface area contributed by atoms with Crippen LogP contribution in [0.4, 0.5) is 0 Å². The van der Waals surface area contributed by atoms with Crippen molar-refractivity contribution in [3.05, 3.63) is 182 Å². The van der Waals surface area contributed by atoms with Gasteiger partial charge >= 0.3 is 11.9 Å². The number of carbonyl (C=O) groups is 2. The Morgan fingerprint density at radius 1 is 0.500 bits per heavy atom. The van der Waals surface area contributed by atoms with Crippen molar-refractivity contribution in [2.75, 3.05) is 13.2 Å². The summed E-state index contributed by atoms with van der Waals surface area (Å²) in [6.45, 7) is -0.244. The smallest absolute Gasteiger partial charge is 0.346 e. The maximum absolute atomic E-state index is 12.8. The van der Waals surface area contributed by atoms with E-state index in [2.05, 4.69) is 88.7 Å². The molecule has 0 aliphatic rings. The molecule has 0 aliphatic carbocycles. The third-order valence-corrected chi connectivity index (χ3v) is 18.1. The number of esters is 2. The molecule has 0 bridgehead atoms. The number of carbonyl (C=O) groups excluding carboxylic acids is 2. The zero-order valence-electron chi connectivity index (χ0n) is 28.7. The minimum Gasteiger partial charge on any atom is -0.463 e. The van der Waals surface area contributed by atoms with Crippen LogP contribution in [0, 0.1) is 0 Å². The van der Waals surface area contributed by atoms with Crippen LogP contribution in [0.2, 0.25) is 0 Å². The summed E-state index contributed by atoms with van der Waals surface area (Å²) in [4.78, 5) is 25.4. The van der Waals surface area contributed by atoms with Gasteiger partial charge in [-0.25, -0.2) is 9.59 Å². The zero-order chi connectivity index (χ0) is 35.9. The van der Waals surface area contributed by atoms with Gasteiger partial charge in [0.25, 0.3) is 0 Å². The van der Waals surface area contributed by atoms with Gasteiger partial charge < -0.3 is 9.47 Å². The largest absolute Gasteiger partial charge is 0.463 e. The average molecular weight is 794 g/mol. The molecule has 0 radical (unpaired) electrons. The van der Waals surface area contributed by atoms with E-state index in [4.69, 9.17) is 9.47 Å². The van der Waals surface area contributed by atoms with Crippen molar-refractivity contribution in [2.24, 2.45) is 0 Å². The maximum Gasteiger partial charge on any atom is 0.346 e. The monoisotopic (exact) mass is 792 g/mol. The average Bonchev–Trinajstić information content (AvgIpc) is 3.20. The number of benzene rings is 6. The highest BCUT2D eigenvalue weighted by Gasteiger charge is 2.32. The van der Waals surface area contributed by atoms with Crippen LogP contribution in [-0.2, 0) is 19.1 Å². The van der Waals surface area contributed by atoms with Crippen molar-refractivity contribution >= 4 is 83.5 Å². The van der Waals surface area contributed by atoms with Gasteiger partial charge in [-0.05, 0) is 75.4 Å². The second kappa shape index (κ2) is 19.8. The number of rotatable bonds is 10. The molecule has 0 aliphatic heterocycles. The van der Waals surface area contributed by atoms with Gasteiger partial charge in [0.15, 0.2) is 0 Å². The lowest BCUT2D eigenvalue weighted by atomic mass is 10.4. The summed E-state index contributed by atoms with van der Waals surface area (Å²) < 4.78 is 11.3. The molecule has 0 amide bonds. The van der Waals surface area contributed by atoms with Crippen LogP contribution in [0.25, 0.3) is 0 Å². The summed E-state index contributed by atoms with van der Waals surface area (Å²) in [6, 6.07) is 61.4. The van der Waals surface area contributed by atoms with E-state index in [0.29, 0.717) is 17.4 Å². The number of hydrogen-bond donors (Lipinski definition) is 0. The van der Waals surface area contributed by atoms with E-state index in [1.54, 1.807) is 5.80 Å². The van der Waals surface area contributed by atoms with Gasteiger partial charge in [-0.1, -0.05) is 189 Å². The summed E-state index contributed by atoms with van der Waals surface area (Å²) in [7, 11) is 0. The summed E-state index contributed by atoms with van der Waals surface area (Å²) >= 11 is 3.67. The van der Waals surface area contributed by atoms with Gasteiger partial charge in [0.05, 0.1) is 13.2 Å². The third kappa shape index (κ3) is 8.85. The van der Waals surface area contributed by atoms with E-state index in [9.17, 15) is 9.59 Å². The van der Waals surface area contributed by atoms with Crippen LogP contribution in [0.5, 0.6) is 0 Å². The molecule has 6 aromatic carbocycles. The van der Waals surface area contributed by atoms with Crippen molar-refractivity contribution in [2.45, 2.75) is 21.3 Å². The molecule has 268 valence electrons. The first kappa shape index (κ1) is 40.1. The first-order valence-corrected chi connectivity index (χ1v) is 21.3. The molecule has 6 aromatic rings. The van der Waals surface area contributed by atoms with Crippen molar-refractivity contribution in [3.8, 4) is 0 Å². The molecule has 0 N–H and O–H groups in total. The van der Waals surface area contributed by atoms with Gasteiger partial charge in [0.1, 0.15) is 4.20 Å². The van der Waals surface area contributed by atoms with Crippen LogP contribution < -0.4 is 31.8 Å². The van der Waals surface area contributed by atoms with Crippen molar-refractivity contribution < 1.29 is 20.5 Å². The van der Waals surface area contributed by atoms with Gasteiger partial charge in [-0.15, -0.1) is 0 Å². The van der Waals surface area contributed by atoms with Crippen LogP contribution in [0.1, 0.15) is 22.7 Å². The Labute approximate surface area is 319 Å². The summed E-state index contributed by atoms with van der Waals surface area (Å²) in [5.41, 5.74) is 0. The second-order valence-corrected chi connectivity index (χ2v) is 19.3. The molecule has 52 heavy (non-hydrogen) atoms. The number of halogens is 1. The van der Waals surface area contributed by atoms with Crippen molar-refractivity contribution in [3.63, 3.8) is 0 Å². The molecule has 4 nitrogen and oxygen atoms in total. The van der Waals surface area contributed by atoms with E-state index in [1.165, 1.54) is 0 Å². The van der Waals surface area contributed by atoms with Gasteiger partial charge in [-0.2, -0.15) is 0 Å². The van der Waals surface area contributed by atoms with Crippen LogP contribution in [0.15, 0.2) is 182 Å². The lowest BCUT2D eigenvalue weighted by Crippen LogP contribution is -2.31. The van der Waals surface area contributed by atoms with Crippen LogP contribution in [0.3, 0.4) is 0 Å². The van der Waals surface area contributed by atoms with E-state index >= 15 is 0 Å². The van der Waals surface area contributed by atoms with Gasteiger partial charge in [0, 0.05) is 7.22 Å². The van der Waals surface area contributed by atoms with Crippen LogP contribution >= 0.6 is 29.7 Å². The highest BCUT2D eigenvalue weighted by molar-refractivity contribution is 9.20. The summed E-state index contributed by atoms with van der Waals surface area (Å²) in [5, 5.41) is 6.74. The molecule has 0 fully saturated rings. The van der Waals surface area contributed by atoms with Crippen molar-refractivity contribution in [1.29, 1.82) is 0 Å². The Balaban J connectivity index is 0.000000275. The first-order chi connectivity index (χ1) is 25.0. The molecule has 0 saturated heterocycles. The minimum absolute atomic E-state index is 0. The Bertz CT molecular complexity index is 1910. The molecule has 0 heterocycles. The van der Waals surface area contributed by atoms with E-state index in [-0.39, 0.29) is 20.8 Å². The lowest BCUT2D eigenvalue weighted by molar-refractivity contribution is -0.135. The van der Waals surface area contributed by atoms with Crippen molar-refractivity contribution in [1.82, 2.24) is 0 Å². The standard InChI is InChI=1S/C22H20BrO2P.C22H21O2P.CH4.H2/c1-2-25-22(24)21(23)26(18-12-6-3-7-13-18,19-14-8-4-9-15-19)20-16-10-5-11-17-20;1-2-24-22(23)18-25(19-12-6-3-7-13-19,20-14-8-4-9-15-20)21-16-10-5-11-17-21;;/h3-17H,2H2,1H3;3-18H,2H2,1H3;1H4;1H. The number of hydrogen-bond acceptors (Lipinski definition) is 4. The SMILES string of the molecule is C.CCOC(=O)C(Br)=P(c1ccccc1)(c1ccccc1)c1ccccc1.CCOC(=O)C=P(c1ccccc1)(c1ccccc1)c1ccccc1.[HH]. The van der Waals surface area contributed by atoms with E-state index in [1.807, 2.05) is 123 Å². The molecule has 0 spiro atoms. The van der Waals surface area contributed by atoms with Gasteiger partial charge in [-0.3, -0.25) is 0 Å². The Hall–Kier alpha value is -4.66. The predicted molar refractivity (Wildman–Crippen MR) is 232 cm³/mol. The van der Waals surface area contributed by atoms with E-state index < -0.39 is 13.8 Å². The fourth-order valence-corrected chi connectivity index (χ4v) is 15.5. The zero-order valence-corrected chi connectivity index (χ0v) is 32.1. The topological polar surface area (TPSA) is 52.6 Å². The molecule has 7 heteroatoms. The first-order valence-electron chi connectivity index (χ1n) is 16.8. The molecule has 0 atom stereocenters. The quantitative estimate of drug-likeness (QED) is 0.104. The third-order valence-electron chi connectivity index (χ3n) is 8.24. The Kier molecular flexibility index (Phi) is 15.3. The molecule has 0 aromatic heterocycles. The second-order valence-electron chi connectivity index (χ2n) is 11.3. The van der Waals surface area contributed by atoms with Gasteiger partial charge in [0.2, 0.25) is 0 Å². The Morgan fingerprint density at radius 3 is 1.04 bits per heavy atom. The molecule has 0 saturated carbocycles. The molecular formula is C45H47BrO4P2. The lowest BCUT2D eigenvalue weighted by Gasteiger charge is -2.30. The van der Waals surface area contributed by atoms with Crippen LogP contribution in [-0.4, -0.2) is 35.2 Å². The summed E-state index contributed by atoms with van der Waals surface area (Å²) in [5.74, 6) is 1.22. The molecular weight excluding hydrogens is 746 g/mol. The highest BCUT2D eigenvalue weighted by atomic mass is 79.9. The fraction of sp³-hybridized carbons (Fsp3) is 0.111. The highest BCUT2D eigenvalue weighted by Crippen LogP contribution is 2.48. The maximum atomic E-state index is 12.8. The fourth-order valence-electron chi connectivity index (χ4n) is 6.07. The summed E-state index contributed by atoms with van der Waals surface area (Å²) in [6.07, 6.45) is 0. The number of ether oxygens (including phenoxy) is 2. The molecule has 0 unspecified atom stereocenters. The predicted octanol–water partition coefficient (Wildman–Crippen LogP) is 8.30. The molecule has 6 rings (SSSR count). The Morgan fingerprint density at radius 2 is 0.769 bits per heavy atom. The van der Waals surface area contributed by atoms with E-state index in [0.717, 1.165) is 31.8 Å². The minimum atomic E-state index is -2.37.